The van der Waals surface area contributed by atoms with Crippen molar-refractivity contribution in [3.05, 3.63) is 12.1 Å². The molecule has 1 aliphatic carbocycles. The molecule has 2 aliphatic rings. The largest absolute Gasteiger partial charge is 0.490 e. The average molecular weight is 389 g/mol. The first kappa shape index (κ1) is 18.0. The van der Waals surface area contributed by atoms with Gasteiger partial charge in [-0.3, -0.25) is 9.59 Å². The van der Waals surface area contributed by atoms with Gasteiger partial charge in [0.25, 0.3) is 0 Å². The van der Waals surface area contributed by atoms with Crippen molar-refractivity contribution in [2.75, 3.05) is 18.5 Å². The summed E-state index contributed by atoms with van der Waals surface area (Å²) in [7, 11) is 0. The van der Waals surface area contributed by atoms with Gasteiger partial charge in [0.15, 0.2) is 16.6 Å². The van der Waals surface area contributed by atoms with Crippen molar-refractivity contribution in [3.8, 4) is 11.5 Å². The number of anilines is 1. The topological polar surface area (TPSA) is 89.6 Å². The number of hydrogen-bond donors (Lipinski definition) is 2. The van der Waals surface area contributed by atoms with E-state index >= 15 is 0 Å². The fourth-order valence-electron chi connectivity index (χ4n) is 3.73. The second-order valence-corrected chi connectivity index (χ2v) is 8.08. The molecule has 1 saturated carbocycles. The van der Waals surface area contributed by atoms with Crippen LogP contribution in [0.5, 0.6) is 11.5 Å². The molecule has 0 radical (unpaired) electrons. The molecule has 2 amide bonds. The average Bonchev–Trinajstić information content (AvgIpc) is 3.22. The Morgan fingerprint density at radius 1 is 1.15 bits per heavy atom. The van der Waals surface area contributed by atoms with Crippen LogP contribution in [-0.2, 0) is 9.59 Å². The SMILES string of the molecule is CC(=O)NC(C(=O)Nc1nc2cc3c(cc2s1)OCCCO3)C1CCCC1. The van der Waals surface area contributed by atoms with Gasteiger partial charge in [-0.15, -0.1) is 0 Å². The number of nitrogens with zero attached hydrogens (tertiary/aromatic N) is 1. The van der Waals surface area contributed by atoms with Gasteiger partial charge in [-0.2, -0.15) is 0 Å². The zero-order valence-corrected chi connectivity index (χ0v) is 16.1. The number of amides is 2. The molecule has 1 unspecified atom stereocenters. The zero-order chi connectivity index (χ0) is 18.8. The number of fused-ring (bicyclic) bond motifs is 2. The summed E-state index contributed by atoms with van der Waals surface area (Å²) in [5, 5.41) is 6.22. The van der Waals surface area contributed by atoms with Crippen LogP contribution in [0.25, 0.3) is 10.2 Å². The van der Waals surface area contributed by atoms with Gasteiger partial charge in [0.1, 0.15) is 6.04 Å². The molecule has 2 aromatic rings. The van der Waals surface area contributed by atoms with E-state index in [4.69, 9.17) is 9.47 Å². The van der Waals surface area contributed by atoms with Crippen LogP contribution in [0.4, 0.5) is 5.13 Å². The molecule has 8 heteroatoms. The van der Waals surface area contributed by atoms with E-state index in [0.29, 0.717) is 29.8 Å². The number of carbonyl (C=O) groups is 2. The summed E-state index contributed by atoms with van der Waals surface area (Å²) in [6.07, 6.45) is 4.96. The van der Waals surface area contributed by atoms with Crippen molar-refractivity contribution in [1.82, 2.24) is 10.3 Å². The van der Waals surface area contributed by atoms with Crippen LogP contribution in [-0.4, -0.2) is 36.1 Å². The number of nitrogens with one attached hydrogen (secondary N) is 2. The highest BCUT2D eigenvalue weighted by Crippen LogP contribution is 2.38. The minimum Gasteiger partial charge on any atom is -0.490 e. The van der Waals surface area contributed by atoms with Gasteiger partial charge in [-0.1, -0.05) is 24.2 Å². The van der Waals surface area contributed by atoms with Crippen LogP contribution in [0, 0.1) is 5.92 Å². The number of carbonyl (C=O) groups excluding carboxylic acids is 2. The van der Waals surface area contributed by atoms with Gasteiger partial charge in [0, 0.05) is 25.5 Å². The molecular formula is C19H23N3O4S. The first-order valence-electron chi connectivity index (χ1n) is 9.38. The first-order chi connectivity index (χ1) is 13.1. The van der Waals surface area contributed by atoms with Crippen molar-refractivity contribution in [1.29, 1.82) is 0 Å². The predicted octanol–water partition coefficient (Wildman–Crippen LogP) is 3.09. The van der Waals surface area contributed by atoms with E-state index in [9.17, 15) is 9.59 Å². The van der Waals surface area contributed by atoms with Gasteiger partial charge in [0.05, 0.1) is 23.4 Å². The smallest absolute Gasteiger partial charge is 0.249 e. The Bertz CT molecular complexity index is 817. The maximum Gasteiger partial charge on any atom is 0.249 e. The molecule has 2 N–H and O–H groups in total. The zero-order valence-electron chi connectivity index (χ0n) is 15.2. The van der Waals surface area contributed by atoms with Crippen molar-refractivity contribution >= 4 is 38.5 Å². The molecule has 2 heterocycles. The van der Waals surface area contributed by atoms with Gasteiger partial charge in [-0.05, 0) is 18.8 Å². The molecule has 144 valence electrons. The fraction of sp³-hybridized carbons (Fsp3) is 0.526. The number of thiazole rings is 1. The van der Waals surface area contributed by atoms with Crippen LogP contribution < -0.4 is 20.1 Å². The minimum atomic E-state index is -0.514. The normalized spacial score (nSPS) is 18.1. The van der Waals surface area contributed by atoms with Crippen molar-refractivity contribution in [2.24, 2.45) is 5.92 Å². The number of aromatic nitrogens is 1. The van der Waals surface area contributed by atoms with E-state index in [1.165, 1.54) is 18.3 Å². The molecule has 1 atom stereocenters. The lowest BCUT2D eigenvalue weighted by Gasteiger charge is -2.22. The highest BCUT2D eigenvalue weighted by atomic mass is 32.1. The minimum absolute atomic E-state index is 0.182. The lowest BCUT2D eigenvalue weighted by molar-refractivity contribution is -0.126. The quantitative estimate of drug-likeness (QED) is 0.839. The first-order valence-corrected chi connectivity index (χ1v) is 10.2. The van der Waals surface area contributed by atoms with E-state index in [-0.39, 0.29) is 17.7 Å². The summed E-state index contributed by atoms with van der Waals surface area (Å²) >= 11 is 1.39. The predicted molar refractivity (Wildman–Crippen MR) is 103 cm³/mol. The van der Waals surface area contributed by atoms with Crippen LogP contribution >= 0.6 is 11.3 Å². The van der Waals surface area contributed by atoms with Gasteiger partial charge < -0.3 is 20.1 Å². The Kier molecular flexibility index (Phi) is 5.15. The Labute approximate surface area is 161 Å². The highest BCUT2D eigenvalue weighted by molar-refractivity contribution is 7.22. The number of benzene rings is 1. The highest BCUT2D eigenvalue weighted by Gasteiger charge is 2.31. The summed E-state index contributed by atoms with van der Waals surface area (Å²) < 4.78 is 12.3. The summed E-state index contributed by atoms with van der Waals surface area (Å²) in [4.78, 5) is 28.9. The van der Waals surface area contributed by atoms with E-state index in [0.717, 1.165) is 42.3 Å². The molecule has 1 aromatic carbocycles. The van der Waals surface area contributed by atoms with Crippen LogP contribution in [0.15, 0.2) is 12.1 Å². The lowest BCUT2D eigenvalue weighted by Crippen LogP contribution is -2.47. The van der Waals surface area contributed by atoms with Crippen molar-refractivity contribution < 1.29 is 19.1 Å². The second-order valence-electron chi connectivity index (χ2n) is 7.05. The third kappa shape index (κ3) is 4.00. The molecular weight excluding hydrogens is 366 g/mol. The van der Waals surface area contributed by atoms with E-state index in [1.807, 2.05) is 12.1 Å². The summed E-state index contributed by atoms with van der Waals surface area (Å²) in [6.45, 7) is 2.69. The van der Waals surface area contributed by atoms with Gasteiger partial charge in [0.2, 0.25) is 11.8 Å². The Balaban J connectivity index is 1.54. The number of rotatable bonds is 4. The van der Waals surface area contributed by atoms with E-state index in [1.54, 1.807) is 0 Å². The molecule has 1 fully saturated rings. The molecule has 4 rings (SSSR count). The van der Waals surface area contributed by atoms with Gasteiger partial charge >= 0.3 is 0 Å². The van der Waals surface area contributed by atoms with Crippen LogP contribution in [0.1, 0.15) is 39.0 Å². The molecule has 0 saturated heterocycles. The van der Waals surface area contributed by atoms with Crippen LogP contribution in [0.2, 0.25) is 0 Å². The maximum atomic E-state index is 12.8. The molecule has 1 aromatic heterocycles. The summed E-state index contributed by atoms with van der Waals surface area (Å²) in [5.74, 6) is 1.18. The maximum absolute atomic E-state index is 12.8. The van der Waals surface area contributed by atoms with Gasteiger partial charge in [-0.25, -0.2) is 4.98 Å². The molecule has 0 spiro atoms. The Morgan fingerprint density at radius 2 is 1.85 bits per heavy atom. The molecule has 27 heavy (non-hydrogen) atoms. The lowest BCUT2D eigenvalue weighted by atomic mass is 9.97. The third-order valence-electron chi connectivity index (χ3n) is 5.00. The third-order valence-corrected chi connectivity index (χ3v) is 5.93. The van der Waals surface area contributed by atoms with Crippen LogP contribution in [0.3, 0.4) is 0 Å². The Morgan fingerprint density at radius 3 is 2.56 bits per heavy atom. The van der Waals surface area contributed by atoms with Crippen molar-refractivity contribution in [2.45, 2.75) is 45.1 Å². The summed E-state index contributed by atoms with van der Waals surface area (Å²) in [5.41, 5.74) is 0.761. The monoisotopic (exact) mass is 389 g/mol. The number of hydrogen-bond acceptors (Lipinski definition) is 6. The fourth-order valence-corrected chi connectivity index (χ4v) is 4.61. The van der Waals surface area contributed by atoms with Crippen molar-refractivity contribution in [3.63, 3.8) is 0 Å². The summed E-state index contributed by atoms with van der Waals surface area (Å²) in [6, 6.07) is 3.25. The van der Waals surface area contributed by atoms with E-state index in [2.05, 4.69) is 15.6 Å². The van der Waals surface area contributed by atoms with E-state index < -0.39 is 6.04 Å². The molecule has 7 nitrogen and oxygen atoms in total. The number of ether oxygens (including phenoxy) is 2. The molecule has 1 aliphatic heterocycles. The standard InChI is InChI=1S/C19H23N3O4S/c1-11(23)20-17(12-5-2-3-6-12)18(24)22-19-21-13-9-14-15(10-16(13)27-19)26-8-4-7-25-14/h9-10,12,17H,2-8H2,1H3,(H,20,23)(H,21,22,24). The second kappa shape index (κ2) is 7.72. The molecule has 0 bridgehead atoms. The Hall–Kier alpha value is -2.35.